The van der Waals surface area contributed by atoms with Crippen molar-refractivity contribution in [1.29, 1.82) is 0 Å². The highest BCUT2D eigenvalue weighted by molar-refractivity contribution is 7.11. The number of carbonyl (C=O) groups is 1. The van der Waals surface area contributed by atoms with E-state index >= 15 is 0 Å². The highest BCUT2D eigenvalue weighted by Crippen LogP contribution is 2.13. The molecule has 1 fully saturated rings. The van der Waals surface area contributed by atoms with Crippen LogP contribution in [0.1, 0.15) is 28.2 Å². The van der Waals surface area contributed by atoms with Crippen molar-refractivity contribution in [3.05, 3.63) is 16.1 Å². The number of thiazole rings is 1. The predicted molar refractivity (Wildman–Crippen MR) is 79.3 cm³/mol. The molecule has 0 radical (unpaired) electrons. The van der Waals surface area contributed by atoms with Crippen LogP contribution in [0.3, 0.4) is 0 Å². The van der Waals surface area contributed by atoms with E-state index in [9.17, 15) is 4.79 Å². The first-order valence-electron chi connectivity index (χ1n) is 5.66. The Labute approximate surface area is 124 Å². The van der Waals surface area contributed by atoms with Crippen molar-refractivity contribution in [3.63, 3.8) is 0 Å². The zero-order chi connectivity index (χ0) is 11.4. The van der Waals surface area contributed by atoms with Gasteiger partial charge in [0.25, 0.3) is 5.91 Å². The van der Waals surface area contributed by atoms with Gasteiger partial charge < -0.3 is 10.6 Å². The lowest BCUT2D eigenvalue weighted by Gasteiger charge is -2.22. The fraction of sp³-hybridized carbons (Fsp3) is 0.636. The third-order valence-corrected chi connectivity index (χ3v) is 3.83. The normalized spacial score (nSPS) is 18.4. The van der Waals surface area contributed by atoms with E-state index in [-0.39, 0.29) is 30.7 Å². The molecule has 1 amide bonds. The minimum atomic E-state index is 0. The van der Waals surface area contributed by atoms with Crippen LogP contribution < -0.4 is 10.6 Å². The van der Waals surface area contributed by atoms with Crippen LogP contribution in [0.5, 0.6) is 0 Å². The van der Waals surface area contributed by atoms with Crippen LogP contribution in [0.25, 0.3) is 0 Å². The Bertz CT molecular complexity index is 367. The Kier molecular flexibility index (Phi) is 8.52. The SMILES string of the molecule is Cc1ncsc1C(=O)NCC1CCCNC1.Cl.Cl. The predicted octanol–water partition coefficient (Wildman–Crippen LogP) is 2.02. The van der Waals surface area contributed by atoms with Crippen molar-refractivity contribution in [2.75, 3.05) is 19.6 Å². The number of aryl methyl sites for hydroxylation is 1. The number of halogens is 2. The third-order valence-electron chi connectivity index (χ3n) is 2.90. The molecule has 1 saturated heterocycles. The molecule has 0 aliphatic carbocycles. The summed E-state index contributed by atoms with van der Waals surface area (Å²) in [6, 6.07) is 0. The maximum absolute atomic E-state index is 11.8. The molecular formula is C11H19Cl2N3OS. The summed E-state index contributed by atoms with van der Waals surface area (Å²) in [6.45, 7) is 4.76. The second-order valence-electron chi connectivity index (χ2n) is 4.19. The van der Waals surface area contributed by atoms with Gasteiger partial charge in [0, 0.05) is 6.54 Å². The van der Waals surface area contributed by atoms with Crippen molar-refractivity contribution in [2.45, 2.75) is 19.8 Å². The zero-order valence-electron chi connectivity index (χ0n) is 10.3. The summed E-state index contributed by atoms with van der Waals surface area (Å²) < 4.78 is 0. The fourth-order valence-corrected chi connectivity index (χ4v) is 2.65. The molecule has 1 aromatic heterocycles. The molecule has 0 spiro atoms. The molecule has 2 rings (SSSR count). The molecule has 1 aliphatic rings. The summed E-state index contributed by atoms with van der Waals surface area (Å²) in [6.07, 6.45) is 2.41. The van der Waals surface area contributed by atoms with E-state index in [0.717, 1.165) is 30.2 Å². The molecule has 1 unspecified atom stereocenters. The molecule has 0 aromatic carbocycles. The summed E-state index contributed by atoms with van der Waals surface area (Å²) in [4.78, 5) is 16.6. The van der Waals surface area contributed by atoms with Crippen LogP contribution in [0.2, 0.25) is 0 Å². The molecule has 18 heavy (non-hydrogen) atoms. The van der Waals surface area contributed by atoms with Crippen LogP contribution in [0, 0.1) is 12.8 Å². The lowest BCUT2D eigenvalue weighted by atomic mass is 10.00. The highest BCUT2D eigenvalue weighted by atomic mass is 35.5. The van der Waals surface area contributed by atoms with Gasteiger partial charge in [0.1, 0.15) is 4.88 Å². The number of aromatic nitrogens is 1. The molecule has 1 aromatic rings. The first-order valence-corrected chi connectivity index (χ1v) is 6.54. The second kappa shape index (κ2) is 8.69. The van der Waals surface area contributed by atoms with Gasteiger partial charge in [-0.3, -0.25) is 4.79 Å². The first-order chi connectivity index (χ1) is 7.77. The number of amides is 1. The van der Waals surface area contributed by atoms with Crippen LogP contribution in [-0.4, -0.2) is 30.5 Å². The van der Waals surface area contributed by atoms with Gasteiger partial charge in [-0.25, -0.2) is 4.98 Å². The summed E-state index contributed by atoms with van der Waals surface area (Å²) in [5.41, 5.74) is 2.54. The Morgan fingerprint density at radius 3 is 2.94 bits per heavy atom. The van der Waals surface area contributed by atoms with Gasteiger partial charge in [-0.2, -0.15) is 0 Å². The highest BCUT2D eigenvalue weighted by Gasteiger charge is 2.16. The number of piperidine rings is 1. The minimum absolute atomic E-state index is 0. The van der Waals surface area contributed by atoms with Gasteiger partial charge in [0.2, 0.25) is 0 Å². The maximum atomic E-state index is 11.8. The van der Waals surface area contributed by atoms with Crippen molar-refractivity contribution in [2.24, 2.45) is 5.92 Å². The summed E-state index contributed by atoms with van der Waals surface area (Å²) in [7, 11) is 0. The lowest BCUT2D eigenvalue weighted by molar-refractivity contribution is 0.0948. The molecule has 0 bridgehead atoms. The number of hydrogen-bond donors (Lipinski definition) is 2. The molecule has 1 aliphatic heterocycles. The number of rotatable bonds is 3. The van der Waals surface area contributed by atoms with Crippen LogP contribution >= 0.6 is 36.2 Å². The monoisotopic (exact) mass is 311 g/mol. The number of carbonyl (C=O) groups excluding carboxylic acids is 1. The molecular weight excluding hydrogens is 293 g/mol. The molecule has 1 atom stereocenters. The average molecular weight is 312 g/mol. The number of nitrogens with zero attached hydrogens (tertiary/aromatic N) is 1. The molecule has 104 valence electrons. The van der Waals surface area contributed by atoms with E-state index in [1.165, 1.54) is 24.2 Å². The molecule has 0 saturated carbocycles. The van der Waals surface area contributed by atoms with Crippen molar-refractivity contribution < 1.29 is 4.79 Å². The van der Waals surface area contributed by atoms with Gasteiger partial charge in [0.15, 0.2) is 0 Å². The van der Waals surface area contributed by atoms with Crippen LogP contribution in [0.4, 0.5) is 0 Å². The largest absolute Gasteiger partial charge is 0.351 e. The van der Waals surface area contributed by atoms with Crippen LogP contribution in [0.15, 0.2) is 5.51 Å². The average Bonchev–Trinajstić information content (AvgIpc) is 2.74. The van der Waals surface area contributed by atoms with Crippen molar-refractivity contribution in [3.8, 4) is 0 Å². The van der Waals surface area contributed by atoms with Gasteiger partial charge in [-0.15, -0.1) is 36.2 Å². The molecule has 7 heteroatoms. The fourth-order valence-electron chi connectivity index (χ4n) is 1.94. The Morgan fingerprint density at radius 2 is 2.39 bits per heavy atom. The zero-order valence-corrected chi connectivity index (χ0v) is 12.7. The van der Waals surface area contributed by atoms with Crippen molar-refractivity contribution >= 4 is 42.1 Å². The van der Waals surface area contributed by atoms with Gasteiger partial charge in [-0.05, 0) is 38.8 Å². The Balaban J connectivity index is 0.00000144. The smallest absolute Gasteiger partial charge is 0.263 e. The molecule has 4 nitrogen and oxygen atoms in total. The standard InChI is InChI=1S/C11H17N3OS.2ClH/c1-8-10(16-7-14-8)11(15)13-6-9-3-2-4-12-5-9;;/h7,9,12H,2-6H2,1H3,(H,13,15);2*1H. The van der Waals surface area contributed by atoms with Gasteiger partial charge >= 0.3 is 0 Å². The quantitative estimate of drug-likeness (QED) is 0.898. The summed E-state index contributed by atoms with van der Waals surface area (Å²) in [5.74, 6) is 0.594. The maximum Gasteiger partial charge on any atom is 0.263 e. The van der Waals surface area contributed by atoms with E-state index < -0.39 is 0 Å². The van der Waals surface area contributed by atoms with Crippen molar-refractivity contribution in [1.82, 2.24) is 15.6 Å². The van der Waals surface area contributed by atoms with Gasteiger partial charge in [-0.1, -0.05) is 0 Å². The summed E-state index contributed by atoms with van der Waals surface area (Å²) in [5, 5.41) is 6.33. The van der Waals surface area contributed by atoms with E-state index in [0.29, 0.717) is 5.92 Å². The molecule has 2 N–H and O–H groups in total. The van der Waals surface area contributed by atoms with E-state index in [2.05, 4.69) is 15.6 Å². The second-order valence-corrected chi connectivity index (χ2v) is 5.04. The third kappa shape index (κ3) is 4.72. The minimum Gasteiger partial charge on any atom is -0.351 e. The van der Waals surface area contributed by atoms with E-state index in [1.807, 2.05) is 6.92 Å². The number of hydrogen-bond acceptors (Lipinski definition) is 4. The van der Waals surface area contributed by atoms with Crippen LogP contribution in [-0.2, 0) is 0 Å². The van der Waals surface area contributed by atoms with Gasteiger partial charge in [0.05, 0.1) is 11.2 Å². The molecule has 2 heterocycles. The topological polar surface area (TPSA) is 54.0 Å². The first kappa shape index (κ1) is 17.6. The lowest BCUT2D eigenvalue weighted by Crippen LogP contribution is -2.38. The Morgan fingerprint density at radius 1 is 1.61 bits per heavy atom. The number of nitrogens with one attached hydrogen (secondary N) is 2. The summed E-state index contributed by atoms with van der Waals surface area (Å²) >= 11 is 1.41. The Hall–Kier alpha value is -0.360. The van der Waals surface area contributed by atoms with E-state index in [4.69, 9.17) is 0 Å². The van der Waals surface area contributed by atoms with E-state index in [1.54, 1.807) is 5.51 Å².